The summed E-state index contributed by atoms with van der Waals surface area (Å²) in [6, 6.07) is 12.7. The fourth-order valence-electron chi connectivity index (χ4n) is 2.13. The summed E-state index contributed by atoms with van der Waals surface area (Å²) in [6.45, 7) is 7.14. The molecule has 2 aromatic rings. The van der Waals surface area contributed by atoms with Gasteiger partial charge in [-0.15, -0.1) is 0 Å². The van der Waals surface area contributed by atoms with Gasteiger partial charge in [-0.1, -0.05) is 29.8 Å². The lowest BCUT2D eigenvalue weighted by atomic mass is 10.1. The molecule has 19 heavy (non-hydrogen) atoms. The SMILES string of the molecule is COc1cc(C)ccc1NCc1cc(C)ccc1C. The second-order valence-electron chi connectivity index (χ2n) is 4.99. The van der Waals surface area contributed by atoms with Crippen LogP contribution in [0.2, 0.25) is 0 Å². The Morgan fingerprint density at radius 2 is 1.63 bits per heavy atom. The number of methoxy groups -OCH3 is 1. The van der Waals surface area contributed by atoms with E-state index >= 15 is 0 Å². The number of nitrogens with one attached hydrogen (secondary N) is 1. The first kappa shape index (κ1) is 13.5. The Morgan fingerprint density at radius 1 is 0.947 bits per heavy atom. The molecule has 0 aromatic heterocycles. The molecule has 2 aromatic carbocycles. The van der Waals surface area contributed by atoms with Crippen molar-refractivity contribution < 1.29 is 4.74 Å². The molecule has 0 atom stereocenters. The molecule has 0 bridgehead atoms. The number of anilines is 1. The zero-order chi connectivity index (χ0) is 13.8. The lowest BCUT2D eigenvalue weighted by Crippen LogP contribution is -2.03. The summed E-state index contributed by atoms with van der Waals surface area (Å²) in [5.41, 5.74) is 6.16. The van der Waals surface area contributed by atoms with E-state index in [1.165, 1.54) is 22.3 Å². The third kappa shape index (κ3) is 3.28. The van der Waals surface area contributed by atoms with Crippen LogP contribution in [0.4, 0.5) is 5.69 Å². The van der Waals surface area contributed by atoms with E-state index in [9.17, 15) is 0 Å². The normalized spacial score (nSPS) is 10.3. The molecule has 0 heterocycles. The van der Waals surface area contributed by atoms with Gasteiger partial charge in [-0.3, -0.25) is 0 Å². The standard InChI is InChI=1S/C17H21NO/c1-12-5-7-14(3)15(9-12)11-18-16-8-6-13(2)10-17(16)19-4/h5-10,18H,11H2,1-4H3. The Bertz CT molecular complexity index is 575. The maximum absolute atomic E-state index is 5.41. The Hall–Kier alpha value is -1.96. The summed E-state index contributed by atoms with van der Waals surface area (Å²) in [5, 5.41) is 3.45. The van der Waals surface area contributed by atoms with Crippen molar-refractivity contribution in [3.05, 3.63) is 58.7 Å². The molecule has 2 heteroatoms. The molecular weight excluding hydrogens is 234 g/mol. The average Bonchev–Trinajstić information content (AvgIpc) is 2.40. The first-order chi connectivity index (χ1) is 9.10. The van der Waals surface area contributed by atoms with Crippen LogP contribution in [0.25, 0.3) is 0 Å². The van der Waals surface area contributed by atoms with Crippen molar-refractivity contribution in [3.63, 3.8) is 0 Å². The van der Waals surface area contributed by atoms with Crippen molar-refractivity contribution in [3.8, 4) is 5.75 Å². The van der Waals surface area contributed by atoms with Crippen LogP contribution >= 0.6 is 0 Å². The zero-order valence-electron chi connectivity index (χ0n) is 12.1. The fourth-order valence-corrected chi connectivity index (χ4v) is 2.13. The highest BCUT2D eigenvalue weighted by atomic mass is 16.5. The maximum Gasteiger partial charge on any atom is 0.142 e. The summed E-state index contributed by atoms with van der Waals surface area (Å²) < 4.78 is 5.41. The topological polar surface area (TPSA) is 21.3 Å². The van der Waals surface area contributed by atoms with Crippen molar-refractivity contribution in [1.29, 1.82) is 0 Å². The lowest BCUT2D eigenvalue weighted by molar-refractivity contribution is 0.416. The highest BCUT2D eigenvalue weighted by Crippen LogP contribution is 2.26. The summed E-state index contributed by atoms with van der Waals surface area (Å²) in [4.78, 5) is 0. The van der Waals surface area contributed by atoms with Gasteiger partial charge in [0.15, 0.2) is 0 Å². The summed E-state index contributed by atoms with van der Waals surface area (Å²) in [7, 11) is 1.71. The number of hydrogen-bond acceptors (Lipinski definition) is 2. The molecule has 0 aliphatic rings. The van der Waals surface area contributed by atoms with Gasteiger partial charge in [0, 0.05) is 6.54 Å². The zero-order valence-corrected chi connectivity index (χ0v) is 12.1. The van der Waals surface area contributed by atoms with Crippen molar-refractivity contribution >= 4 is 5.69 Å². The Labute approximate surface area is 115 Å². The molecule has 0 radical (unpaired) electrons. The maximum atomic E-state index is 5.41. The molecular formula is C17H21NO. The van der Waals surface area contributed by atoms with Gasteiger partial charge in [0.1, 0.15) is 5.75 Å². The van der Waals surface area contributed by atoms with E-state index in [1.54, 1.807) is 7.11 Å². The number of hydrogen-bond donors (Lipinski definition) is 1. The van der Waals surface area contributed by atoms with E-state index < -0.39 is 0 Å². The minimum absolute atomic E-state index is 0.812. The van der Waals surface area contributed by atoms with E-state index in [0.29, 0.717) is 0 Å². The monoisotopic (exact) mass is 255 g/mol. The van der Waals surface area contributed by atoms with Gasteiger partial charge in [-0.2, -0.15) is 0 Å². The highest BCUT2D eigenvalue weighted by Gasteiger charge is 2.04. The van der Waals surface area contributed by atoms with Crippen LogP contribution in [-0.4, -0.2) is 7.11 Å². The molecule has 0 fully saturated rings. The van der Waals surface area contributed by atoms with Crippen molar-refractivity contribution in [2.24, 2.45) is 0 Å². The largest absolute Gasteiger partial charge is 0.495 e. The molecule has 0 aliphatic heterocycles. The Morgan fingerprint density at radius 3 is 2.37 bits per heavy atom. The molecule has 0 saturated carbocycles. The molecule has 0 unspecified atom stereocenters. The van der Waals surface area contributed by atoms with Crippen LogP contribution in [0.1, 0.15) is 22.3 Å². The summed E-state index contributed by atoms with van der Waals surface area (Å²) in [5.74, 6) is 0.894. The second-order valence-corrected chi connectivity index (χ2v) is 4.99. The highest BCUT2D eigenvalue weighted by molar-refractivity contribution is 5.58. The van der Waals surface area contributed by atoms with Crippen LogP contribution in [-0.2, 0) is 6.54 Å². The molecule has 0 aliphatic carbocycles. The van der Waals surface area contributed by atoms with Gasteiger partial charge in [0.2, 0.25) is 0 Å². The molecule has 0 amide bonds. The quantitative estimate of drug-likeness (QED) is 0.882. The van der Waals surface area contributed by atoms with Crippen molar-refractivity contribution in [2.45, 2.75) is 27.3 Å². The number of ether oxygens (including phenoxy) is 1. The third-order valence-electron chi connectivity index (χ3n) is 3.33. The summed E-state index contributed by atoms with van der Waals surface area (Å²) in [6.07, 6.45) is 0. The number of aryl methyl sites for hydroxylation is 3. The average molecular weight is 255 g/mol. The van der Waals surface area contributed by atoms with Gasteiger partial charge >= 0.3 is 0 Å². The van der Waals surface area contributed by atoms with Crippen LogP contribution < -0.4 is 10.1 Å². The minimum atomic E-state index is 0.812. The minimum Gasteiger partial charge on any atom is -0.495 e. The predicted octanol–water partition coefficient (Wildman–Crippen LogP) is 4.23. The molecule has 2 nitrogen and oxygen atoms in total. The van der Waals surface area contributed by atoms with E-state index in [1.807, 2.05) is 6.07 Å². The molecule has 0 spiro atoms. The molecule has 2 rings (SSSR count). The molecule has 100 valence electrons. The first-order valence-corrected chi connectivity index (χ1v) is 6.55. The Balaban J connectivity index is 2.16. The molecule has 1 N–H and O–H groups in total. The lowest BCUT2D eigenvalue weighted by Gasteiger charge is -2.13. The summed E-state index contributed by atoms with van der Waals surface area (Å²) >= 11 is 0. The number of rotatable bonds is 4. The van der Waals surface area contributed by atoms with Crippen LogP contribution in [0.15, 0.2) is 36.4 Å². The Kier molecular flexibility index (Phi) is 4.10. The predicted molar refractivity (Wildman–Crippen MR) is 81.0 cm³/mol. The van der Waals surface area contributed by atoms with Gasteiger partial charge in [-0.05, 0) is 49.6 Å². The van der Waals surface area contributed by atoms with Gasteiger partial charge in [-0.25, -0.2) is 0 Å². The van der Waals surface area contributed by atoms with Gasteiger partial charge < -0.3 is 10.1 Å². The number of benzene rings is 2. The van der Waals surface area contributed by atoms with E-state index in [4.69, 9.17) is 4.74 Å². The van der Waals surface area contributed by atoms with E-state index in [0.717, 1.165) is 18.0 Å². The van der Waals surface area contributed by atoms with Crippen LogP contribution in [0.5, 0.6) is 5.75 Å². The van der Waals surface area contributed by atoms with Crippen molar-refractivity contribution in [2.75, 3.05) is 12.4 Å². The molecule has 0 saturated heterocycles. The van der Waals surface area contributed by atoms with E-state index in [2.05, 4.69) is 56.4 Å². The first-order valence-electron chi connectivity index (χ1n) is 6.55. The van der Waals surface area contributed by atoms with Crippen molar-refractivity contribution in [1.82, 2.24) is 0 Å². The van der Waals surface area contributed by atoms with Gasteiger partial charge in [0.05, 0.1) is 12.8 Å². The fraction of sp³-hybridized carbons (Fsp3) is 0.294. The second kappa shape index (κ2) is 5.79. The van der Waals surface area contributed by atoms with E-state index in [-0.39, 0.29) is 0 Å². The smallest absolute Gasteiger partial charge is 0.142 e. The third-order valence-corrected chi connectivity index (χ3v) is 3.33. The van der Waals surface area contributed by atoms with Gasteiger partial charge in [0.25, 0.3) is 0 Å². The van der Waals surface area contributed by atoms with Crippen LogP contribution in [0, 0.1) is 20.8 Å². The van der Waals surface area contributed by atoms with Crippen LogP contribution in [0.3, 0.4) is 0 Å².